The number of carbonyl (C=O) groups excluding carboxylic acids is 1. The van der Waals surface area contributed by atoms with Crippen molar-refractivity contribution in [1.29, 1.82) is 5.26 Å². The first-order valence-electron chi connectivity index (χ1n) is 3.95. The molecule has 3 nitrogen and oxygen atoms in total. The van der Waals surface area contributed by atoms with Gasteiger partial charge in [-0.25, -0.2) is 4.39 Å². The van der Waals surface area contributed by atoms with Crippen LogP contribution in [0.2, 0.25) is 0 Å². The first kappa shape index (κ1) is 12.2. The van der Waals surface area contributed by atoms with E-state index in [0.29, 0.717) is 6.42 Å². The summed E-state index contributed by atoms with van der Waals surface area (Å²) in [6.45, 7) is 3.81. The zero-order chi connectivity index (χ0) is 10.4. The van der Waals surface area contributed by atoms with E-state index in [1.165, 1.54) is 0 Å². The summed E-state index contributed by atoms with van der Waals surface area (Å²) in [6.07, 6.45) is 0.492. The van der Waals surface area contributed by atoms with Crippen molar-refractivity contribution in [3.63, 3.8) is 0 Å². The molecule has 0 aromatic carbocycles. The number of alkyl halides is 2. The van der Waals surface area contributed by atoms with Gasteiger partial charge in [0.25, 0.3) is 11.5 Å². The van der Waals surface area contributed by atoms with Gasteiger partial charge < -0.3 is 5.32 Å². The quantitative estimate of drug-likeness (QED) is 0.710. The third-order valence-electron chi connectivity index (χ3n) is 1.38. The van der Waals surface area contributed by atoms with Crippen LogP contribution in [0.3, 0.4) is 0 Å². The minimum atomic E-state index is -2.08. The van der Waals surface area contributed by atoms with Gasteiger partial charge in [-0.05, 0) is 12.3 Å². The highest BCUT2D eigenvalue weighted by atomic mass is 35.5. The second-order valence-electron chi connectivity index (χ2n) is 3.12. The number of nitrogens with one attached hydrogen (secondary N) is 1. The topological polar surface area (TPSA) is 52.9 Å². The molecule has 13 heavy (non-hydrogen) atoms. The van der Waals surface area contributed by atoms with E-state index < -0.39 is 17.6 Å². The average Bonchev–Trinajstić information content (AvgIpc) is 2.02. The number of nitriles is 1. The molecule has 0 saturated heterocycles. The summed E-state index contributed by atoms with van der Waals surface area (Å²) in [7, 11) is 0. The zero-order valence-electron chi connectivity index (χ0n) is 7.55. The van der Waals surface area contributed by atoms with Crippen molar-refractivity contribution in [2.24, 2.45) is 5.92 Å². The molecule has 0 aliphatic carbocycles. The summed E-state index contributed by atoms with van der Waals surface area (Å²) in [6, 6.07) is 1.20. The number of amides is 1. The van der Waals surface area contributed by atoms with E-state index in [-0.39, 0.29) is 5.92 Å². The first-order chi connectivity index (χ1) is 5.97. The van der Waals surface area contributed by atoms with Gasteiger partial charge in [-0.3, -0.25) is 4.79 Å². The van der Waals surface area contributed by atoms with Crippen LogP contribution in [0.15, 0.2) is 0 Å². The third-order valence-corrected chi connectivity index (χ3v) is 1.58. The molecule has 2 atom stereocenters. The lowest BCUT2D eigenvalue weighted by molar-refractivity contribution is -0.123. The maximum atomic E-state index is 12.2. The molecule has 0 aliphatic heterocycles. The summed E-state index contributed by atoms with van der Waals surface area (Å²) in [5, 5.41) is 10.8. The number of rotatable bonds is 4. The Balaban J connectivity index is 4.00. The van der Waals surface area contributed by atoms with Gasteiger partial charge in [0.1, 0.15) is 6.04 Å². The van der Waals surface area contributed by atoms with Gasteiger partial charge in [0.05, 0.1) is 6.07 Å². The molecule has 74 valence electrons. The average molecular weight is 207 g/mol. The van der Waals surface area contributed by atoms with Crippen molar-refractivity contribution < 1.29 is 9.18 Å². The molecule has 0 aromatic rings. The predicted octanol–water partition coefficient (Wildman–Crippen LogP) is 1.58. The van der Waals surface area contributed by atoms with Crippen LogP contribution in [0, 0.1) is 17.2 Å². The highest BCUT2D eigenvalue weighted by molar-refractivity contribution is 6.29. The minimum absolute atomic E-state index is 0.262. The van der Waals surface area contributed by atoms with Crippen LogP contribution in [-0.2, 0) is 4.79 Å². The van der Waals surface area contributed by atoms with E-state index >= 15 is 0 Å². The molecule has 0 heterocycles. The number of hydrogen-bond donors (Lipinski definition) is 1. The monoisotopic (exact) mass is 206 g/mol. The molecule has 5 heteroatoms. The Morgan fingerprint density at radius 1 is 1.69 bits per heavy atom. The van der Waals surface area contributed by atoms with Crippen molar-refractivity contribution in [2.45, 2.75) is 31.9 Å². The van der Waals surface area contributed by atoms with E-state index in [1.54, 1.807) is 0 Å². The highest BCUT2D eigenvalue weighted by Gasteiger charge is 2.18. The molecule has 2 unspecified atom stereocenters. The molecule has 1 amide bonds. The van der Waals surface area contributed by atoms with Crippen LogP contribution in [0.5, 0.6) is 0 Å². The summed E-state index contributed by atoms with van der Waals surface area (Å²) in [5.74, 6) is -0.688. The fourth-order valence-corrected chi connectivity index (χ4v) is 0.913. The molecule has 0 aromatic heterocycles. The Kier molecular flexibility index (Phi) is 5.40. The van der Waals surface area contributed by atoms with Crippen molar-refractivity contribution in [2.75, 3.05) is 0 Å². The summed E-state index contributed by atoms with van der Waals surface area (Å²) < 4.78 is 12.2. The lowest BCUT2D eigenvalue weighted by Crippen LogP contribution is -2.38. The van der Waals surface area contributed by atoms with Gasteiger partial charge >= 0.3 is 0 Å². The summed E-state index contributed by atoms with van der Waals surface area (Å²) in [4.78, 5) is 10.7. The Morgan fingerprint density at radius 3 is 2.54 bits per heavy atom. The molecule has 0 radical (unpaired) electrons. The lowest BCUT2D eigenvalue weighted by Gasteiger charge is -2.13. The molecule has 0 bridgehead atoms. The second-order valence-corrected chi connectivity index (χ2v) is 3.50. The largest absolute Gasteiger partial charge is 0.337 e. The third kappa shape index (κ3) is 5.42. The van der Waals surface area contributed by atoms with Crippen molar-refractivity contribution >= 4 is 17.5 Å². The van der Waals surface area contributed by atoms with Gasteiger partial charge in [0, 0.05) is 0 Å². The number of carbonyl (C=O) groups is 1. The van der Waals surface area contributed by atoms with E-state index in [4.69, 9.17) is 16.9 Å². The molecule has 0 rings (SSSR count). The fraction of sp³-hybridized carbons (Fsp3) is 0.750. The SMILES string of the molecule is CC(C)CC(C#N)NC(=O)C(F)Cl. The summed E-state index contributed by atoms with van der Waals surface area (Å²) in [5.41, 5.74) is -2.08. The predicted molar refractivity (Wildman–Crippen MR) is 47.7 cm³/mol. The molecule has 1 N–H and O–H groups in total. The van der Waals surface area contributed by atoms with Gasteiger partial charge in [0.2, 0.25) is 0 Å². The number of nitrogens with zero attached hydrogens (tertiary/aromatic N) is 1. The maximum Gasteiger partial charge on any atom is 0.271 e. The fourth-order valence-electron chi connectivity index (χ4n) is 0.850. The van der Waals surface area contributed by atoms with Gasteiger partial charge in [0.15, 0.2) is 0 Å². The normalized spacial score (nSPS) is 14.8. The van der Waals surface area contributed by atoms with E-state index in [1.807, 2.05) is 19.9 Å². The van der Waals surface area contributed by atoms with Gasteiger partial charge in [-0.15, -0.1) is 0 Å². The van der Waals surface area contributed by atoms with E-state index in [0.717, 1.165) is 0 Å². The van der Waals surface area contributed by atoms with Crippen LogP contribution >= 0.6 is 11.6 Å². The van der Waals surface area contributed by atoms with Crippen molar-refractivity contribution in [3.05, 3.63) is 0 Å². The van der Waals surface area contributed by atoms with Gasteiger partial charge in [-0.2, -0.15) is 5.26 Å². The maximum absolute atomic E-state index is 12.2. The Bertz CT molecular complexity index is 213. The first-order valence-corrected chi connectivity index (χ1v) is 4.39. The number of hydrogen-bond acceptors (Lipinski definition) is 2. The standard InChI is InChI=1S/C8H12ClFN2O/c1-5(2)3-6(4-11)12-8(13)7(9)10/h5-7H,3H2,1-2H3,(H,12,13). The smallest absolute Gasteiger partial charge is 0.271 e. The Hall–Kier alpha value is -0.820. The lowest BCUT2D eigenvalue weighted by atomic mass is 10.1. The zero-order valence-corrected chi connectivity index (χ0v) is 8.31. The molecule has 0 aliphatic rings. The van der Waals surface area contributed by atoms with Crippen molar-refractivity contribution in [3.8, 4) is 6.07 Å². The minimum Gasteiger partial charge on any atom is -0.337 e. The molecule has 0 saturated carbocycles. The molecular weight excluding hydrogens is 195 g/mol. The highest BCUT2D eigenvalue weighted by Crippen LogP contribution is 2.05. The van der Waals surface area contributed by atoms with E-state index in [9.17, 15) is 9.18 Å². The second kappa shape index (κ2) is 5.76. The van der Waals surface area contributed by atoms with Crippen LogP contribution in [0.1, 0.15) is 20.3 Å². The molecule has 0 fully saturated rings. The molecular formula is C8H12ClFN2O. The van der Waals surface area contributed by atoms with Crippen LogP contribution in [0.25, 0.3) is 0 Å². The Labute approximate surface area is 81.9 Å². The van der Waals surface area contributed by atoms with Crippen molar-refractivity contribution in [1.82, 2.24) is 5.32 Å². The van der Waals surface area contributed by atoms with Crippen LogP contribution in [0.4, 0.5) is 4.39 Å². The number of halogens is 2. The van der Waals surface area contributed by atoms with Crippen LogP contribution < -0.4 is 5.32 Å². The van der Waals surface area contributed by atoms with E-state index in [2.05, 4.69) is 5.32 Å². The molecule has 0 spiro atoms. The van der Waals surface area contributed by atoms with Crippen LogP contribution in [-0.4, -0.2) is 17.6 Å². The van der Waals surface area contributed by atoms with Gasteiger partial charge in [-0.1, -0.05) is 25.4 Å². The Morgan fingerprint density at radius 2 is 2.23 bits per heavy atom. The summed E-state index contributed by atoms with van der Waals surface area (Å²) >= 11 is 4.88.